The van der Waals surface area contributed by atoms with E-state index in [0.29, 0.717) is 30.2 Å². The third-order valence-electron chi connectivity index (χ3n) is 7.42. The maximum Gasteiger partial charge on any atom is 0.237 e. The molecule has 9 nitrogen and oxygen atoms in total. The van der Waals surface area contributed by atoms with E-state index in [-0.39, 0.29) is 40.7 Å². The van der Waals surface area contributed by atoms with Crippen LogP contribution in [0.15, 0.2) is 36.7 Å². The molecular weight excluding hydrogens is 514 g/mol. The maximum atomic E-state index is 15.0. The first-order chi connectivity index (χ1) is 19.2. The van der Waals surface area contributed by atoms with Gasteiger partial charge in [-0.15, -0.1) is 0 Å². The van der Waals surface area contributed by atoms with Crippen LogP contribution in [0, 0.1) is 18.6 Å². The van der Waals surface area contributed by atoms with E-state index in [2.05, 4.69) is 44.0 Å². The number of likely N-dealkylation sites (N-methyl/N-ethyl adjacent to an activating group) is 1. The zero-order chi connectivity index (χ0) is 28.6. The number of benzene rings is 1. The highest BCUT2D eigenvalue weighted by Gasteiger charge is 2.29. The average molecular weight is 549 g/mol. The molecule has 1 aliphatic rings. The molecule has 1 aromatic carbocycles. The van der Waals surface area contributed by atoms with Crippen LogP contribution in [0.1, 0.15) is 57.6 Å². The zero-order valence-corrected chi connectivity index (χ0v) is 23.4. The molecule has 1 saturated heterocycles. The Morgan fingerprint density at radius 3 is 2.48 bits per heavy atom. The number of nitrogens with zero attached hydrogens (tertiary/aromatic N) is 7. The lowest BCUT2D eigenvalue weighted by atomic mass is 10.0. The summed E-state index contributed by atoms with van der Waals surface area (Å²) in [5.74, 6) is 0.185. The molecule has 0 saturated carbocycles. The Morgan fingerprint density at radius 1 is 1.02 bits per heavy atom. The molecule has 4 heterocycles. The first kappa shape index (κ1) is 27.6. The van der Waals surface area contributed by atoms with Crippen LogP contribution >= 0.6 is 0 Å². The third-order valence-corrected chi connectivity index (χ3v) is 7.42. The van der Waals surface area contributed by atoms with Gasteiger partial charge >= 0.3 is 0 Å². The van der Waals surface area contributed by atoms with Gasteiger partial charge in [0.05, 0.1) is 24.3 Å². The molecule has 1 fully saturated rings. The van der Waals surface area contributed by atoms with Crippen molar-refractivity contribution in [1.29, 1.82) is 0 Å². The van der Waals surface area contributed by atoms with Crippen molar-refractivity contribution >= 4 is 28.7 Å². The molecule has 0 radical (unpaired) electrons. The Labute approximate surface area is 232 Å². The lowest BCUT2D eigenvalue weighted by Crippen LogP contribution is -2.51. The van der Waals surface area contributed by atoms with Gasteiger partial charge in [0.15, 0.2) is 11.6 Å². The SMILES string of the molecule is CC[C@H](c1ccc(Nc2ncc(F)c(-c3cc(F)c4nc(C)n(C(C)C)c4c3)n2)nc1)N1CCN(CC)CC1=O. The molecule has 0 aliphatic carbocycles. The van der Waals surface area contributed by atoms with Crippen molar-refractivity contribution in [3.05, 3.63) is 59.7 Å². The van der Waals surface area contributed by atoms with Gasteiger partial charge in [0.2, 0.25) is 11.9 Å². The number of carbonyl (C=O) groups is 1. The number of pyridine rings is 1. The molecule has 5 rings (SSSR count). The predicted molar refractivity (Wildman–Crippen MR) is 150 cm³/mol. The molecule has 4 aromatic rings. The van der Waals surface area contributed by atoms with Crippen LogP contribution in [0.5, 0.6) is 0 Å². The second-order valence-electron chi connectivity index (χ2n) is 10.3. The van der Waals surface area contributed by atoms with Crippen molar-refractivity contribution in [2.45, 2.75) is 53.1 Å². The first-order valence-electron chi connectivity index (χ1n) is 13.7. The van der Waals surface area contributed by atoms with Crippen LogP contribution < -0.4 is 5.32 Å². The summed E-state index contributed by atoms with van der Waals surface area (Å²) in [6.07, 6.45) is 3.56. The number of aromatic nitrogens is 5. The van der Waals surface area contributed by atoms with Crippen LogP contribution in [0.3, 0.4) is 0 Å². The molecule has 0 bridgehead atoms. The van der Waals surface area contributed by atoms with Gasteiger partial charge in [-0.1, -0.05) is 19.9 Å². The fraction of sp³-hybridized carbons (Fsp3) is 0.414. The quantitative estimate of drug-likeness (QED) is 0.315. The second-order valence-corrected chi connectivity index (χ2v) is 10.3. The Hall–Kier alpha value is -3.99. The molecule has 0 spiro atoms. The van der Waals surface area contributed by atoms with E-state index in [4.69, 9.17) is 0 Å². The molecule has 40 heavy (non-hydrogen) atoms. The number of hydrogen-bond donors (Lipinski definition) is 1. The number of amides is 1. The van der Waals surface area contributed by atoms with Gasteiger partial charge in [0.1, 0.15) is 22.9 Å². The lowest BCUT2D eigenvalue weighted by molar-refractivity contribution is -0.138. The minimum atomic E-state index is -0.668. The van der Waals surface area contributed by atoms with Crippen LogP contribution in [-0.2, 0) is 4.79 Å². The molecule has 1 amide bonds. The highest BCUT2D eigenvalue weighted by atomic mass is 19.1. The van der Waals surface area contributed by atoms with Crippen molar-refractivity contribution in [3.63, 3.8) is 0 Å². The molecule has 1 N–H and O–H groups in total. The second kappa shape index (κ2) is 11.2. The number of fused-ring (bicyclic) bond motifs is 1. The summed E-state index contributed by atoms with van der Waals surface area (Å²) in [4.78, 5) is 34.1. The zero-order valence-electron chi connectivity index (χ0n) is 23.4. The normalized spacial score (nSPS) is 15.3. The van der Waals surface area contributed by atoms with Crippen LogP contribution in [0.25, 0.3) is 22.3 Å². The van der Waals surface area contributed by atoms with Gasteiger partial charge in [-0.2, -0.15) is 0 Å². The fourth-order valence-electron chi connectivity index (χ4n) is 5.45. The van der Waals surface area contributed by atoms with Crippen molar-refractivity contribution in [2.75, 3.05) is 31.5 Å². The topological polar surface area (TPSA) is 92.1 Å². The van der Waals surface area contributed by atoms with Gasteiger partial charge in [0, 0.05) is 30.9 Å². The highest BCUT2D eigenvalue weighted by molar-refractivity contribution is 5.83. The van der Waals surface area contributed by atoms with E-state index >= 15 is 4.39 Å². The Bertz CT molecular complexity index is 1540. The molecular formula is C29H34F2N8O. The number of nitrogens with one attached hydrogen (secondary N) is 1. The number of halogens is 2. The summed E-state index contributed by atoms with van der Waals surface area (Å²) >= 11 is 0. The molecule has 210 valence electrons. The van der Waals surface area contributed by atoms with E-state index in [0.717, 1.165) is 31.3 Å². The van der Waals surface area contributed by atoms with E-state index in [1.54, 1.807) is 18.3 Å². The first-order valence-corrected chi connectivity index (χ1v) is 13.7. The number of rotatable bonds is 8. The van der Waals surface area contributed by atoms with Crippen LogP contribution in [0.2, 0.25) is 0 Å². The van der Waals surface area contributed by atoms with Crippen molar-refractivity contribution in [3.8, 4) is 11.3 Å². The number of carbonyl (C=O) groups excluding carboxylic acids is 1. The Morgan fingerprint density at radius 2 is 1.82 bits per heavy atom. The minimum absolute atomic E-state index is 0.0279. The minimum Gasteiger partial charge on any atom is -0.333 e. The monoisotopic (exact) mass is 548 g/mol. The smallest absolute Gasteiger partial charge is 0.237 e. The van der Waals surface area contributed by atoms with E-state index in [9.17, 15) is 9.18 Å². The lowest BCUT2D eigenvalue weighted by Gasteiger charge is -2.38. The molecule has 11 heteroatoms. The number of hydrogen-bond acceptors (Lipinski definition) is 7. The fourth-order valence-corrected chi connectivity index (χ4v) is 5.45. The molecule has 0 unspecified atom stereocenters. The van der Waals surface area contributed by atoms with E-state index in [1.165, 1.54) is 6.07 Å². The number of piperazine rings is 1. The molecule has 3 aromatic heterocycles. The maximum absolute atomic E-state index is 15.0. The van der Waals surface area contributed by atoms with Crippen LogP contribution in [-0.4, -0.2) is 66.4 Å². The van der Waals surface area contributed by atoms with E-state index < -0.39 is 11.6 Å². The Balaban J connectivity index is 1.39. The van der Waals surface area contributed by atoms with Gasteiger partial charge in [-0.25, -0.2) is 28.7 Å². The number of imidazole rings is 1. The van der Waals surface area contributed by atoms with Crippen molar-refractivity contribution in [1.82, 2.24) is 34.3 Å². The van der Waals surface area contributed by atoms with E-state index in [1.807, 2.05) is 36.3 Å². The van der Waals surface area contributed by atoms with Crippen molar-refractivity contribution in [2.24, 2.45) is 0 Å². The van der Waals surface area contributed by atoms with Gasteiger partial charge in [-0.3, -0.25) is 9.69 Å². The summed E-state index contributed by atoms with van der Waals surface area (Å²) in [6, 6.07) is 6.64. The molecule has 1 aliphatic heterocycles. The number of aryl methyl sites for hydroxylation is 1. The summed E-state index contributed by atoms with van der Waals surface area (Å²) in [6.45, 7) is 12.7. The van der Waals surface area contributed by atoms with Gasteiger partial charge in [0.25, 0.3) is 0 Å². The standard InChI is InChI=1S/C29H34F2N8O/c1-6-23(38-11-10-37(7-2)16-26(38)40)19-8-9-25(32-14-19)35-29-33-15-22(31)27(36-29)20-12-21(30)28-24(13-20)39(17(3)4)18(5)34-28/h8-9,12-15,17,23H,6-7,10-11,16H2,1-5H3,(H,32,33,35,36)/t23-/m1/s1. The largest absolute Gasteiger partial charge is 0.333 e. The summed E-state index contributed by atoms with van der Waals surface area (Å²) in [7, 11) is 0. The average Bonchev–Trinajstić information content (AvgIpc) is 3.28. The highest BCUT2D eigenvalue weighted by Crippen LogP contribution is 2.31. The predicted octanol–water partition coefficient (Wildman–Crippen LogP) is 5.41. The van der Waals surface area contributed by atoms with Gasteiger partial charge < -0.3 is 14.8 Å². The third kappa shape index (κ3) is 5.25. The summed E-state index contributed by atoms with van der Waals surface area (Å²) < 4.78 is 31.8. The van der Waals surface area contributed by atoms with Crippen LogP contribution in [0.4, 0.5) is 20.5 Å². The van der Waals surface area contributed by atoms with Crippen molar-refractivity contribution < 1.29 is 13.6 Å². The Kier molecular flexibility index (Phi) is 7.75. The summed E-state index contributed by atoms with van der Waals surface area (Å²) in [5.41, 5.74) is 2.02. The number of anilines is 2. The van der Waals surface area contributed by atoms with Gasteiger partial charge in [-0.05, 0) is 57.5 Å². The summed E-state index contributed by atoms with van der Waals surface area (Å²) in [5, 5.41) is 3.01. The molecule has 1 atom stereocenters.